The molecule has 0 aliphatic carbocycles. The summed E-state index contributed by atoms with van der Waals surface area (Å²) in [5, 5.41) is 10.8. The lowest BCUT2D eigenvalue weighted by Crippen LogP contribution is -2.36. The molecule has 6 nitrogen and oxygen atoms in total. The van der Waals surface area contributed by atoms with Gasteiger partial charge in [-0.2, -0.15) is 0 Å². The summed E-state index contributed by atoms with van der Waals surface area (Å²) in [6.07, 6.45) is 0. The molecule has 0 unspecified atom stereocenters. The Hall–Kier alpha value is -0.860. The molecule has 7 heteroatoms. The molecule has 142 valence electrons. The van der Waals surface area contributed by atoms with Crippen LogP contribution in [-0.4, -0.2) is 74.1 Å². The molecule has 25 heavy (non-hydrogen) atoms. The van der Waals surface area contributed by atoms with Crippen LogP contribution in [0.25, 0.3) is 0 Å². The minimum absolute atomic E-state index is 0. The van der Waals surface area contributed by atoms with Gasteiger partial charge in [-0.25, -0.2) is 0 Å². The van der Waals surface area contributed by atoms with E-state index in [9.17, 15) is 5.11 Å². The van der Waals surface area contributed by atoms with Gasteiger partial charge in [-0.05, 0) is 19.1 Å². The molecule has 2 heterocycles. The number of benzene rings is 1. The first-order chi connectivity index (χ1) is 11.8. The van der Waals surface area contributed by atoms with Gasteiger partial charge in [0.1, 0.15) is 11.5 Å². The first-order valence-electron chi connectivity index (χ1n) is 8.84. The Morgan fingerprint density at radius 3 is 1.76 bits per heavy atom. The molecule has 0 saturated carbocycles. The number of ether oxygens (including phenoxy) is 3. The van der Waals surface area contributed by atoms with Crippen LogP contribution in [0.15, 0.2) is 12.1 Å². The Bertz CT molecular complexity index is 491. The van der Waals surface area contributed by atoms with Crippen LogP contribution in [0.3, 0.4) is 0 Å². The van der Waals surface area contributed by atoms with Gasteiger partial charge in [0.05, 0.1) is 33.0 Å². The first kappa shape index (κ1) is 20.5. The summed E-state index contributed by atoms with van der Waals surface area (Å²) in [6.45, 7) is 10.7. The van der Waals surface area contributed by atoms with Gasteiger partial charge in [-0.1, -0.05) is 0 Å². The van der Waals surface area contributed by atoms with Crippen molar-refractivity contribution in [1.82, 2.24) is 9.80 Å². The van der Waals surface area contributed by atoms with Crippen molar-refractivity contribution in [3.8, 4) is 11.5 Å². The second-order valence-corrected chi connectivity index (χ2v) is 6.30. The molecule has 1 aromatic rings. The van der Waals surface area contributed by atoms with Gasteiger partial charge in [-0.3, -0.25) is 9.80 Å². The number of morpholine rings is 2. The number of hydrogen-bond donors (Lipinski definition) is 1. The van der Waals surface area contributed by atoms with Crippen molar-refractivity contribution in [2.45, 2.75) is 20.0 Å². The van der Waals surface area contributed by atoms with Gasteiger partial charge in [-0.15, -0.1) is 17.0 Å². The lowest BCUT2D eigenvalue weighted by Gasteiger charge is -2.29. The van der Waals surface area contributed by atoms with Crippen LogP contribution in [0.1, 0.15) is 18.1 Å². The zero-order chi connectivity index (χ0) is 16.8. The van der Waals surface area contributed by atoms with Crippen LogP contribution in [0.5, 0.6) is 11.5 Å². The smallest absolute Gasteiger partial charge is 0.124 e. The predicted octanol–water partition coefficient (Wildman–Crippen LogP) is 2.03. The predicted molar refractivity (Wildman–Crippen MR) is 102 cm³/mol. The molecule has 2 aliphatic heterocycles. The summed E-state index contributed by atoms with van der Waals surface area (Å²) >= 11 is 0. The van der Waals surface area contributed by atoms with Crippen LogP contribution < -0.4 is 4.74 Å². The lowest BCUT2D eigenvalue weighted by atomic mass is 10.1. The van der Waals surface area contributed by atoms with Crippen LogP contribution in [0.4, 0.5) is 0 Å². The van der Waals surface area contributed by atoms with E-state index in [2.05, 4.69) is 9.80 Å². The zero-order valence-corrected chi connectivity index (χ0v) is 16.6. The molecule has 0 amide bonds. The summed E-state index contributed by atoms with van der Waals surface area (Å²) in [5.74, 6) is 1.23. The van der Waals surface area contributed by atoms with E-state index in [4.69, 9.17) is 14.2 Å². The Morgan fingerprint density at radius 1 is 0.920 bits per heavy atom. The van der Waals surface area contributed by atoms with Gasteiger partial charge >= 0.3 is 0 Å². The largest absolute Gasteiger partial charge is 0.507 e. The minimum Gasteiger partial charge on any atom is -0.507 e. The number of rotatable bonds is 6. The molecule has 2 fully saturated rings. The number of nitrogens with zero attached hydrogens (tertiary/aromatic N) is 2. The van der Waals surface area contributed by atoms with Gasteiger partial charge in [0.15, 0.2) is 0 Å². The SMILES string of the molecule is Br.CCOc1cc(CN2CCOCC2)c(O)c(CN2CCOCC2)c1. The third-order valence-electron chi connectivity index (χ3n) is 4.55. The van der Waals surface area contributed by atoms with Gasteiger partial charge in [0.25, 0.3) is 0 Å². The fraction of sp³-hybridized carbons (Fsp3) is 0.667. The molecule has 1 N–H and O–H groups in total. The lowest BCUT2D eigenvalue weighted by molar-refractivity contribution is 0.0327. The maximum Gasteiger partial charge on any atom is 0.124 e. The van der Waals surface area contributed by atoms with Gasteiger partial charge in [0.2, 0.25) is 0 Å². The summed E-state index contributed by atoms with van der Waals surface area (Å²) in [5.41, 5.74) is 1.87. The number of hydrogen-bond acceptors (Lipinski definition) is 6. The van der Waals surface area contributed by atoms with E-state index >= 15 is 0 Å². The highest BCUT2D eigenvalue weighted by Crippen LogP contribution is 2.31. The minimum atomic E-state index is 0. The average molecular weight is 417 g/mol. The number of aromatic hydroxyl groups is 1. The van der Waals surface area contributed by atoms with Gasteiger partial charge in [0, 0.05) is 50.4 Å². The molecule has 0 radical (unpaired) electrons. The first-order valence-corrected chi connectivity index (χ1v) is 8.84. The van der Waals surface area contributed by atoms with E-state index < -0.39 is 0 Å². The number of phenolic OH excluding ortho intramolecular Hbond substituents is 1. The van der Waals surface area contributed by atoms with Crippen LogP contribution >= 0.6 is 17.0 Å². The van der Waals surface area contributed by atoms with Crippen LogP contribution in [-0.2, 0) is 22.6 Å². The normalized spacial score (nSPS) is 19.4. The van der Waals surface area contributed by atoms with Gasteiger partial charge < -0.3 is 19.3 Å². The Balaban J connectivity index is 0.00000225. The molecule has 2 saturated heterocycles. The molecule has 2 aliphatic rings. The highest BCUT2D eigenvalue weighted by atomic mass is 79.9. The van der Waals surface area contributed by atoms with Crippen molar-refractivity contribution in [3.05, 3.63) is 23.3 Å². The highest BCUT2D eigenvalue weighted by molar-refractivity contribution is 8.93. The number of halogens is 1. The van der Waals surface area contributed by atoms with Crippen molar-refractivity contribution >= 4 is 17.0 Å². The zero-order valence-electron chi connectivity index (χ0n) is 14.9. The second-order valence-electron chi connectivity index (χ2n) is 6.30. The Morgan fingerprint density at radius 2 is 1.36 bits per heavy atom. The van der Waals surface area contributed by atoms with Crippen LogP contribution in [0.2, 0.25) is 0 Å². The summed E-state index contributed by atoms with van der Waals surface area (Å²) in [7, 11) is 0. The second kappa shape index (κ2) is 10.3. The van der Waals surface area contributed by atoms with E-state index in [1.807, 2.05) is 19.1 Å². The molecular formula is C18H29BrN2O4. The Labute approximate surface area is 160 Å². The average Bonchev–Trinajstić information content (AvgIpc) is 2.61. The molecule has 0 aromatic heterocycles. The van der Waals surface area contributed by atoms with E-state index in [-0.39, 0.29) is 17.0 Å². The topological polar surface area (TPSA) is 54.4 Å². The van der Waals surface area contributed by atoms with E-state index in [0.717, 1.165) is 82.6 Å². The molecule has 3 rings (SSSR count). The molecule has 0 atom stereocenters. The summed E-state index contributed by atoms with van der Waals surface area (Å²) in [6, 6.07) is 3.94. The van der Waals surface area contributed by atoms with Crippen LogP contribution in [0, 0.1) is 0 Å². The standard InChI is InChI=1S/C18H28N2O4.BrH/c1-2-24-17-11-15(13-19-3-7-22-8-4-19)18(21)16(12-17)14-20-5-9-23-10-6-20;/h11-12,21H,2-10,13-14H2,1H3;1H. The van der Waals surface area contributed by atoms with Crippen molar-refractivity contribution in [3.63, 3.8) is 0 Å². The fourth-order valence-corrected chi connectivity index (χ4v) is 3.22. The third kappa shape index (κ3) is 5.82. The van der Waals surface area contributed by atoms with Crippen molar-refractivity contribution < 1.29 is 19.3 Å². The van der Waals surface area contributed by atoms with Crippen molar-refractivity contribution in [2.24, 2.45) is 0 Å². The molecule has 1 aromatic carbocycles. The highest BCUT2D eigenvalue weighted by Gasteiger charge is 2.19. The summed E-state index contributed by atoms with van der Waals surface area (Å²) in [4.78, 5) is 4.62. The number of phenols is 1. The molecule has 0 bridgehead atoms. The quantitative estimate of drug-likeness (QED) is 0.765. The molecular weight excluding hydrogens is 388 g/mol. The molecule has 0 spiro atoms. The van der Waals surface area contributed by atoms with E-state index in [0.29, 0.717) is 12.4 Å². The van der Waals surface area contributed by atoms with E-state index in [1.54, 1.807) is 0 Å². The third-order valence-corrected chi connectivity index (χ3v) is 4.55. The summed E-state index contributed by atoms with van der Waals surface area (Å²) < 4.78 is 16.5. The monoisotopic (exact) mass is 416 g/mol. The Kier molecular flexibility index (Phi) is 8.45. The fourth-order valence-electron chi connectivity index (χ4n) is 3.22. The maximum atomic E-state index is 10.8. The maximum absolute atomic E-state index is 10.8. The van der Waals surface area contributed by atoms with Crippen molar-refractivity contribution in [1.29, 1.82) is 0 Å². The van der Waals surface area contributed by atoms with Crippen molar-refractivity contribution in [2.75, 3.05) is 59.2 Å². The van der Waals surface area contributed by atoms with E-state index in [1.165, 1.54) is 0 Å².